The van der Waals surface area contributed by atoms with Crippen molar-refractivity contribution < 1.29 is 0 Å². The fraction of sp³-hybridized carbons (Fsp3) is 1.00. The summed E-state index contributed by atoms with van der Waals surface area (Å²) < 4.78 is 0. The zero-order valence-electron chi connectivity index (χ0n) is 13.3. The molecule has 18 heavy (non-hydrogen) atoms. The second-order valence-electron chi connectivity index (χ2n) is 7.92. The highest BCUT2D eigenvalue weighted by Gasteiger charge is 2.25. The van der Waals surface area contributed by atoms with Gasteiger partial charge in [-0.15, -0.1) is 0 Å². The van der Waals surface area contributed by atoms with E-state index in [0.29, 0.717) is 10.8 Å². The number of hydrogen-bond acceptors (Lipinski definition) is 3. The normalized spacial score (nSPS) is 19.5. The van der Waals surface area contributed by atoms with E-state index >= 15 is 0 Å². The Morgan fingerprint density at radius 3 is 2.06 bits per heavy atom. The fourth-order valence-corrected chi connectivity index (χ4v) is 3.12. The smallest absolute Gasteiger partial charge is 0.0108 e. The van der Waals surface area contributed by atoms with Crippen LogP contribution in [0.3, 0.4) is 0 Å². The second-order valence-corrected chi connectivity index (χ2v) is 7.92. The standard InChI is InChI=1S/C15H33N3/c1-14(2,3)11-17(6)12-15(4,5)13-18-9-7-16-8-10-18/h16H,7-13H2,1-6H3. The average molecular weight is 255 g/mol. The second kappa shape index (κ2) is 6.36. The molecule has 0 bridgehead atoms. The van der Waals surface area contributed by atoms with Gasteiger partial charge in [-0.1, -0.05) is 34.6 Å². The van der Waals surface area contributed by atoms with Crippen molar-refractivity contribution in [2.75, 3.05) is 52.9 Å². The highest BCUT2D eigenvalue weighted by Crippen LogP contribution is 2.21. The van der Waals surface area contributed by atoms with E-state index in [9.17, 15) is 0 Å². The number of piperazine rings is 1. The molecule has 3 heteroatoms. The Morgan fingerprint density at radius 1 is 1.00 bits per heavy atom. The van der Waals surface area contributed by atoms with Crippen molar-refractivity contribution in [3.8, 4) is 0 Å². The molecule has 1 fully saturated rings. The summed E-state index contributed by atoms with van der Waals surface area (Å²) in [6.07, 6.45) is 0. The van der Waals surface area contributed by atoms with Gasteiger partial charge in [0.2, 0.25) is 0 Å². The van der Waals surface area contributed by atoms with Crippen LogP contribution in [0, 0.1) is 10.8 Å². The van der Waals surface area contributed by atoms with Crippen LogP contribution in [-0.2, 0) is 0 Å². The summed E-state index contributed by atoms with van der Waals surface area (Å²) in [4.78, 5) is 5.09. The molecule has 108 valence electrons. The lowest BCUT2D eigenvalue weighted by Gasteiger charge is -2.38. The topological polar surface area (TPSA) is 18.5 Å². The Kier molecular flexibility index (Phi) is 5.63. The van der Waals surface area contributed by atoms with Crippen molar-refractivity contribution in [2.45, 2.75) is 34.6 Å². The Labute approximate surface area is 114 Å². The highest BCUT2D eigenvalue weighted by atomic mass is 15.2. The van der Waals surface area contributed by atoms with Gasteiger partial charge in [-0.25, -0.2) is 0 Å². The molecule has 0 aromatic rings. The minimum atomic E-state index is 0.372. The van der Waals surface area contributed by atoms with Crippen molar-refractivity contribution >= 4 is 0 Å². The first-order chi connectivity index (χ1) is 8.18. The Morgan fingerprint density at radius 2 is 1.56 bits per heavy atom. The van der Waals surface area contributed by atoms with Gasteiger partial charge < -0.3 is 15.1 Å². The van der Waals surface area contributed by atoms with Crippen LogP contribution in [0.4, 0.5) is 0 Å². The van der Waals surface area contributed by atoms with Crippen LogP contribution in [0.25, 0.3) is 0 Å². The maximum Gasteiger partial charge on any atom is 0.0108 e. The third-order valence-corrected chi connectivity index (χ3v) is 3.30. The number of rotatable bonds is 5. The Balaban J connectivity index is 2.37. The Bertz CT molecular complexity index is 237. The lowest BCUT2D eigenvalue weighted by molar-refractivity contribution is 0.108. The van der Waals surface area contributed by atoms with Gasteiger partial charge in [0.1, 0.15) is 0 Å². The molecule has 0 aromatic carbocycles. The molecule has 1 aliphatic heterocycles. The molecular weight excluding hydrogens is 222 g/mol. The van der Waals surface area contributed by atoms with Crippen LogP contribution in [-0.4, -0.2) is 62.7 Å². The maximum atomic E-state index is 3.42. The largest absolute Gasteiger partial charge is 0.314 e. The van der Waals surface area contributed by atoms with E-state index in [0.717, 1.165) is 19.6 Å². The molecule has 3 nitrogen and oxygen atoms in total. The first-order valence-corrected chi connectivity index (χ1v) is 7.30. The Hall–Kier alpha value is -0.120. The van der Waals surface area contributed by atoms with E-state index in [-0.39, 0.29) is 0 Å². The highest BCUT2D eigenvalue weighted by molar-refractivity contribution is 4.80. The van der Waals surface area contributed by atoms with Crippen molar-refractivity contribution in [2.24, 2.45) is 10.8 Å². The lowest BCUT2D eigenvalue weighted by Crippen LogP contribution is -2.49. The molecular formula is C15H33N3. The van der Waals surface area contributed by atoms with Crippen molar-refractivity contribution in [3.05, 3.63) is 0 Å². The van der Waals surface area contributed by atoms with Crippen molar-refractivity contribution in [1.82, 2.24) is 15.1 Å². The number of nitrogens with zero attached hydrogens (tertiary/aromatic N) is 2. The maximum absolute atomic E-state index is 3.42. The summed E-state index contributed by atoms with van der Waals surface area (Å²) in [5.41, 5.74) is 0.761. The van der Waals surface area contributed by atoms with Crippen LogP contribution >= 0.6 is 0 Å². The van der Waals surface area contributed by atoms with E-state index in [1.807, 2.05) is 0 Å². The minimum absolute atomic E-state index is 0.372. The molecule has 0 amide bonds. The van der Waals surface area contributed by atoms with Crippen molar-refractivity contribution in [1.29, 1.82) is 0 Å². The first-order valence-electron chi connectivity index (χ1n) is 7.30. The molecule has 0 atom stereocenters. The summed E-state index contributed by atoms with van der Waals surface area (Å²) in [5.74, 6) is 0. The van der Waals surface area contributed by atoms with Gasteiger partial charge in [0.25, 0.3) is 0 Å². The molecule has 1 aliphatic rings. The quantitative estimate of drug-likeness (QED) is 0.809. The average Bonchev–Trinajstić information content (AvgIpc) is 2.13. The van der Waals surface area contributed by atoms with Gasteiger partial charge in [0.15, 0.2) is 0 Å². The number of nitrogens with one attached hydrogen (secondary N) is 1. The predicted octanol–water partition coefficient (Wildman–Crippen LogP) is 1.90. The van der Waals surface area contributed by atoms with E-state index in [1.54, 1.807) is 0 Å². The molecule has 0 aliphatic carbocycles. The van der Waals surface area contributed by atoms with Crippen LogP contribution in [0.5, 0.6) is 0 Å². The van der Waals surface area contributed by atoms with Gasteiger partial charge in [0.05, 0.1) is 0 Å². The summed E-state index contributed by atoms with van der Waals surface area (Å²) >= 11 is 0. The fourth-order valence-electron chi connectivity index (χ4n) is 3.12. The van der Waals surface area contributed by atoms with E-state index in [4.69, 9.17) is 0 Å². The molecule has 1 rings (SSSR count). The first kappa shape index (κ1) is 15.9. The SMILES string of the molecule is CN(CC(C)(C)C)CC(C)(C)CN1CCNCC1. The molecule has 0 unspecified atom stereocenters. The van der Waals surface area contributed by atoms with Crippen LogP contribution in [0.1, 0.15) is 34.6 Å². The molecule has 1 heterocycles. The molecule has 0 spiro atoms. The van der Waals surface area contributed by atoms with Crippen molar-refractivity contribution in [3.63, 3.8) is 0 Å². The molecule has 0 aromatic heterocycles. The van der Waals surface area contributed by atoms with Gasteiger partial charge in [-0.2, -0.15) is 0 Å². The molecule has 0 radical (unpaired) electrons. The van der Waals surface area contributed by atoms with Gasteiger partial charge in [-0.3, -0.25) is 0 Å². The lowest BCUT2D eigenvalue weighted by atomic mass is 9.90. The summed E-state index contributed by atoms with van der Waals surface area (Å²) in [7, 11) is 2.25. The van der Waals surface area contributed by atoms with E-state index in [1.165, 1.54) is 26.2 Å². The van der Waals surface area contributed by atoms with Crippen LogP contribution < -0.4 is 5.32 Å². The monoisotopic (exact) mass is 255 g/mol. The predicted molar refractivity (Wildman–Crippen MR) is 80.0 cm³/mol. The van der Waals surface area contributed by atoms with Gasteiger partial charge >= 0.3 is 0 Å². The summed E-state index contributed by atoms with van der Waals surface area (Å²) in [6, 6.07) is 0. The summed E-state index contributed by atoms with van der Waals surface area (Å²) in [6.45, 7) is 20.0. The zero-order chi connectivity index (χ0) is 13.8. The van der Waals surface area contributed by atoms with E-state index < -0.39 is 0 Å². The minimum Gasteiger partial charge on any atom is -0.314 e. The number of hydrogen-bond donors (Lipinski definition) is 1. The van der Waals surface area contributed by atoms with E-state index in [2.05, 4.69) is 56.8 Å². The third-order valence-electron chi connectivity index (χ3n) is 3.30. The van der Waals surface area contributed by atoms with Gasteiger partial charge in [0, 0.05) is 45.8 Å². The molecule has 1 saturated heterocycles. The van der Waals surface area contributed by atoms with Crippen LogP contribution in [0.15, 0.2) is 0 Å². The van der Waals surface area contributed by atoms with Gasteiger partial charge in [-0.05, 0) is 17.9 Å². The van der Waals surface area contributed by atoms with Crippen LogP contribution in [0.2, 0.25) is 0 Å². The zero-order valence-corrected chi connectivity index (χ0v) is 13.3. The third kappa shape index (κ3) is 6.72. The molecule has 0 saturated carbocycles. The summed E-state index contributed by atoms with van der Waals surface area (Å²) in [5, 5.41) is 3.42. The molecule has 1 N–H and O–H groups in total.